The van der Waals surface area contributed by atoms with Gasteiger partial charge in [-0.1, -0.05) is 53.2 Å². The van der Waals surface area contributed by atoms with E-state index in [1.807, 2.05) is 60.0 Å². The molecule has 32 heavy (non-hydrogen) atoms. The van der Waals surface area contributed by atoms with Gasteiger partial charge in [-0.15, -0.1) is 10.2 Å². The van der Waals surface area contributed by atoms with Crippen molar-refractivity contribution >= 4 is 35.0 Å². The SMILES string of the molecule is COc1ccccc1-c1nnc(SCC(=O)Nc2cccnc2Cl)n1-c1ccc(C)cc1. The van der Waals surface area contributed by atoms with Crippen molar-refractivity contribution in [3.8, 4) is 22.8 Å². The molecule has 7 nitrogen and oxygen atoms in total. The number of methoxy groups -OCH3 is 1. The minimum atomic E-state index is -0.220. The van der Waals surface area contributed by atoms with Gasteiger partial charge in [0.2, 0.25) is 5.91 Å². The van der Waals surface area contributed by atoms with E-state index in [-0.39, 0.29) is 16.8 Å². The summed E-state index contributed by atoms with van der Waals surface area (Å²) in [6, 6.07) is 19.1. The van der Waals surface area contributed by atoms with Crippen LogP contribution in [0.4, 0.5) is 5.69 Å². The number of nitrogens with zero attached hydrogens (tertiary/aromatic N) is 4. The molecule has 0 atom stereocenters. The van der Waals surface area contributed by atoms with Crippen LogP contribution in [0.25, 0.3) is 17.1 Å². The Hall–Kier alpha value is -3.36. The molecule has 1 N–H and O–H groups in total. The third-order valence-electron chi connectivity index (χ3n) is 4.64. The highest BCUT2D eigenvalue weighted by Crippen LogP contribution is 2.33. The number of carbonyl (C=O) groups is 1. The molecular weight excluding hydrogens is 446 g/mol. The molecule has 0 aliphatic heterocycles. The van der Waals surface area contributed by atoms with E-state index < -0.39 is 0 Å². The van der Waals surface area contributed by atoms with Gasteiger partial charge in [0.05, 0.1) is 24.1 Å². The van der Waals surface area contributed by atoms with E-state index >= 15 is 0 Å². The maximum atomic E-state index is 12.5. The molecule has 2 aromatic carbocycles. The maximum Gasteiger partial charge on any atom is 0.234 e. The summed E-state index contributed by atoms with van der Waals surface area (Å²) in [5, 5.41) is 12.4. The number of pyridine rings is 1. The lowest BCUT2D eigenvalue weighted by molar-refractivity contribution is -0.113. The molecule has 0 saturated carbocycles. The first kappa shape index (κ1) is 21.9. The highest BCUT2D eigenvalue weighted by Gasteiger charge is 2.20. The molecule has 1 amide bonds. The summed E-state index contributed by atoms with van der Waals surface area (Å²) >= 11 is 7.31. The van der Waals surface area contributed by atoms with Crippen LogP contribution in [0.2, 0.25) is 5.15 Å². The minimum absolute atomic E-state index is 0.126. The molecule has 0 radical (unpaired) electrons. The fourth-order valence-electron chi connectivity index (χ4n) is 3.09. The normalized spacial score (nSPS) is 10.7. The van der Waals surface area contributed by atoms with Crippen molar-refractivity contribution in [2.45, 2.75) is 12.1 Å². The number of hydrogen-bond acceptors (Lipinski definition) is 6. The van der Waals surface area contributed by atoms with E-state index in [0.29, 0.717) is 22.4 Å². The molecule has 0 fully saturated rings. The Morgan fingerprint density at radius 1 is 1.09 bits per heavy atom. The van der Waals surface area contributed by atoms with Gasteiger partial charge >= 0.3 is 0 Å². The summed E-state index contributed by atoms with van der Waals surface area (Å²) < 4.78 is 7.45. The number of ether oxygens (including phenoxy) is 1. The smallest absolute Gasteiger partial charge is 0.234 e. The number of carbonyl (C=O) groups excluding carboxylic acids is 1. The van der Waals surface area contributed by atoms with Gasteiger partial charge in [-0.2, -0.15) is 0 Å². The number of halogens is 1. The number of nitrogens with one attached hydrogen (secondary N) is 1. The van der Waals surface area contributed by atoms with E-state index in [4.69, 9.17) is 16.3 Å². The van der Waals surface area contributed by atoms with Crippen LogP contribution < -0.4 is 10.1 Å². The molecule has 0 aliphatic carbocycles. The third-order valence-corrected chi connectivity index (χ3v) is 5.87. The lowest BCUT2D eigenvalue weighted by Gasteiger charge is -2.13. The number of anilines is 1. The molecule has 2 aromatic heterocycles. The molecule has 0 spiro atoms. The van der Waals surface area contributed by atoms with E-state index in [2.05, 4.69) is 20.5 Å². The number of aryl methyl sites for hydroxylation is 1. The number of benzene rings is 2. The second-order valence-electron chi connectivity index (χ2n) is 6.86. The van der Waals surface area contributed by atoms with Crippen LogP contribution in [0.5, 0.6) is 5.75 Å². The van der Waals surface area contributed by atoms with Gasteiger partial charge < -0.3 is 10.1 Å². The topological polar surface area (TPSA) is 81.9 Å². The summed E-state index contributed by atoms with van der Waals surface area (Å²) in [6.45, 7) is 2.03. The van der Waals surface area contributed by atoms with Gasteiger partial charge in [0.1, 0.15) is 5.75 Å². The Morgan fingerprint density at radius 2 is 1.88 bits per heavy atom. The van der Waals surface area contributed by atoms with E-state index in [1.165, 1.54) is 11.8 Å². The first-order valence-electron chi connectivity index (χ1n) is 9.76. The largest absolute Gasteiger partial charge is 0.496 e. The highest BCUT2D eigenvalue weighted by atomic mass is 35.5. The van der Waals surface area contributed by atoms with E-state index in [1.54, 1.807) is 25.4 Å². The average Bonchev–Trinajstić information content (AvgIpc) is 3.23. The van der Waals surface area contributed by atoms with E-state index in [0.717, 1.165) is 16.8 Å². The molecule has 0 saturated heterocycles. The lowest BCUT2D eigenvalue weighted by Crippen LogP contribution is -2.15. The van der Waals surface area contributed by atoms with Gasteiger partial charge in [-0.3, -0.25) is 9.36 Å². The quantitative estimate of drug-likeness (QED) is 0.304. The molecule has 162 valence electrons. The third kappa shape index (κ3) is 4.76. The molecule has 4 rings (SSSR count). The number of hydrogen-bond donors (Lipinski definition) is 1. The van der Waals surface area contributed by atoms with Crippen molar-refractivity contribution in [1.29, 1.82) is 0 Å². The van der Waals surface area contributed by atoms with Crippen molar-refractivity contribution in [3.63, 3.8) is 0 Å². The average molecular weight is 466 g/mol. The molecule has 4 aromatic rings. The summed E-state index contributed by atoms with van der Waals surface area (Å²) in [7, 11) is 1.62. The number of amides is 1. The first-order chi connectivity index (χ1) is 15.6. The fourth-order valence-corrected chi connectivity index (χ4v) is 4.01. The van der Waals surface area contributed by atoms with Crippen molar-refractivity contribution < 1.29 is 9.53 Å². The lowest BCUT2D eigenvalue weighted by atomic mass is 10.1. The highest BCUT2D eigenvalue weighted by molar-refractivity contribution is 7.99. The van der Waals surface area contributed by atoms with Crippen molar-refractivity contribution in [2.75, 3.05) is 18.2 Å². The van der Waals surface area contributed by atoms with Gasteiger partial charge in [-0.05, 0) is 43.3 Å². The van der Waals surface area contributed by atoms with Crippen LogP contribution >= 0.6 is 23.4 Å². The van der Waals surface area contributed by atoms with Gasteiger partial charge in [-0.25, -0.2) is 4.98 Å². The molecule has 2 heterocycles. The van der Waals surface area contributed by atoms with Crippen LogP contribution in [0.3, 0.4) is 0 Å². The maximum absolute atomic E-state index is 12.5. The van der Waals surface area contributed by atoms with Crippen LogP contribution in [0, 0.1) is 6.92 Å². The van der Waals surface area contributed by atoms with Crippen molar-refractivity contribution in [1.82, 2.24) is 19.7 Å². The number of rotatable bonds is 7. The Labute approximate surface area is 194 Å². The summed E-state index contributed by atoms with van der Waals surface area (Å²) in [5.41, 5.74) is 3.30. The molecule has 0 unspecified atom stereocenters. The molecular formula is C23H20ClN5O2S. The molecule has 0 aliphatic rings. The zero-order valence-electron chi connectivity index (χ0n) is 17.4. The Kier molecular flexibility index (Phi) is 6.72. The monoisotopic (exact) mass is 465 g/mol. The second-order valence-corrected chi connectivity index (χ2v) is 8.16. The summed E-state index contributed by atoms with van der Waals surface area (Å²) in [6.07, 6.45) is 1.57. The standard InChI is InChI=1S/C23H20ClN5O2S/c1-15-9-11-16(12-10-15)29-22(17-6-3-4-8-19(17)31-2)27-28-23(29)32-14-20(30)26-18-7-5-13-25-21(18)24/h3-13H,14H2,1-2H3,(H,26,30). The van der Waals surface area contributed by atoms with E-state index in [9.17, 15) is 4.79 Å². The summed E-state index contributed by atoms with van der Waals surface area (Å²) in [4.78, 5) is 16.5. The zero-order chi connectivity index (χ0) is 22.5. The van der Waals surface area contributed by atoms with Crippen LogP contribution in [-0.2, 0) is 4.79 Å². The van der Waals surface area contributed by atoms with Crippen LogP contribution in [0.15, 0.2) is 72.0 Å². The number of thioether (sulfide) groups is 1. The second kappa shape index (κ2) is 9.84. The molecule has 0 bridgehead atoms. The Balaban J connectivity index is 1.65. The summed E-state index contributed by atoms with van der Waals surface area (Å²) in [5.74, 6) is 1.22. The fraction of sp³-hybridized carbons (Fsp3) is 0.130. The van der Waals surface area contributed by atoms with Gasteiger partial charge in [0.25, 0.3) is 0 Å². The zero-order valence-corrected chi connectivity index (χ0v) is 19.0. The predicted octanol–water partition coefficient (Wildman–Crippen LogP) is 5.03. The Morgan fingerprint density at radius 3 is 2.62 bits per heavy atom. The van der Waals surface area contributed by atoms with Crippen molar-refractivity contribution in [3.05, 3.63) is 77.6 Å². The number of aromatic nitrogens is 4. The first-order valence-corrected chi connectivity index (χ1v) is 11.1. The van der Waals surface area contributed by atoms with Crippen LogP contribution in [0.1, 0.15) is 5.56 Å². The minimum Gasteiger partial charge on any atom is -0.496 e. The Bertz CT molecular complexity index is 1240. The molecule has 9 heteroatoms. The predicted molar refractivity (Wildman–Crippen MR) is 127 cm³/mol. The number of para-hydroxylation sites is 1. The van der Waals surface area contributed by atoms with Crippen molar-refractivity contribution in [2.24, 2.45) is 0 Å². The van der Waals surface area contributed by atoms with Gasteiger partial charge in [0, 0.05) is 11.9 Å². The van der Waals surface area contributed by atoms with Crippen LogP contribution in [-0.4, -0.2) is 38.5 Å². The van der Waals surface area contributed by atoms with Gasteiger partial charge in [0.15, 0.2) is 16.1 Å².